The number of aromatic amines is 1. The number of H-pyrrole nitrogens is 1. The zero-order valence-electron chi connectivity index (χ0n) is 17.8. The largest absolute Gasteiger partial charge is 0.490 e. The Kier molecular flexibility index (Phi) is 4.99. The smallest absolute Gasteiger partial charge is 0.120 e. The van der Waals surface area contributed by atoms with Gasteiger partial charge >= 0.3 is 0 Å². The molecule has 6 rings (SSSR count). The Hall–Kier alpha value is -3.05. The number of rotatable bonds is 3. The summed E-state index contributed by atoms with van der Waals surface area (Å²) in [6.45, 7) is 1.30. The third-order valence-corrected chi connectivity index (χ3v) is 7.16. The SMILES string of the molecule is ClC1=CCN=c2c3c([nH]c2=C1C1CCC(Oc2ccc4ccccc4c2)CC1)C=NNC3. The molecule has 0 saturated heterocycles. The van der Waals surface area contributed by atoms with Crippen LogP contribution in [0.3, 0.4) is 0 Å². The predicted molar refractivity (Wildman–Crippen MR) is 129 cm³/mol. The highest BCUT2D eigenvalue weighted by molar-refractivity contribution is 6.35. The third-order valence-electron chi connectivity index (χ3n) is 6.80. The number of allylic oxidation sites excluding steroid dienone is 1. The second-order valence-corrected chi connectivity index (χ2v) is 9.15. The second kappa shape index (κ2) is 8.14. The molecule has 0 bridgehead atoms. The first-order valence-corrected chi connectivity index (χ1v) is 11.7. The molecule has 0 atom stereocenters. The Bertz CT molecular complexity index is 1360. The molecule has 3 heterocycles. The van der Waals surface area contributed by atoms with Crippen LogP contribution in [0.25, 0.3) is 16.3 Å². The highest BCUT2D eigenvalue weighted by Gasteiger charge is 2.28. The van der Waals surface area contributed by atoms with E-state index in [9.17, 15) is 0 Å². The highest BCUT2D eigenvalue weighted by atomic mass is 35.5. The molecule has 3 aromatic rings. The van der Waals surface area contributed by atoms with Gasteiger partial charge in [-0.15, -0.1) is 0 Å². The van der Waals surface area contributed by atoms with Gasteiger partial charge in [-0.05, 0) is 66.2 Å². The van der Waals surface area contributed by atoms with E-state index >= 15 is 0 Å². The van der Waals surface area contributed by atoms with Crippen molar-refractivity contribution in [2.24, 2.45) is 16.0 Å². The van der Waals surface area contributed by atoms with Crippen molar-refractivity contribution in [1.29, 1.82) is 0 Å². The Balaban J connectivity index is 1.25. The molecule has 1 aromatic heterocycles. The number of fused-ring (bicyclic) bond motifs is 4. The summed E-state index contributed by atoms with van der Waals surface area (Å²) in [7, 11) is 0. The number of nitrogens with zero attached hydrogens (tertiary/aromatic N) is 2. The summed E-state index contributed by atoms with van der Waals surface area (Å²) in [6.07, 6.45) is 8.24. The average Bonchev–Trinajstić information content (AvgIpc) is 3.10. The number of aromatic nitrogens is 1. The van der Waals surface area contributed by atoms with Crippen molar-refractivity contribution in [2.45, 2.75) is 38.3 Å². The van der Waals surface area contributed by atoms with Crippen molar-refractivity contribution in [2.75, 3.05) is 6.54 Å². The summed E-state index contributed by atoms with van der Waals surface area (Å²) in [4.78, 5) is 8.38. The average molecular weight is 445 g/mol. The first kappa shape index (κ1) is 19.6. The normalized spacial score (nSPS) is 22.3. The quantitative estimate of drug-likeness (QED) is 0.637. The zero-order chi connectivity index (χ0) is 21.5. The molecular weight excluding hydrogens is 420 g/mol. The summed E-state index contributed by atoms with van der Waals surface area (Å²) in [5.41, 5.74) is 6.48. The lowest BCUT2D eigenvalue weighted by Gasteiger charge is -2.30. The van der Waals surface area contributed by atoms with Crippen molar-refractivity contribution >= 4 is 34.2 Å². The zero-order valence-corrected chi connectivity index (χ0v) is 18.5. The van der Waals surface area contributed by atoms with Crippen LogP contribution in [0.2, 0.25) is 0 Å². The van der Waals surface area contributed by atoms with E-state index in [-0.39, 0.29) is 6.10 Å². The number of hydrogen-bond donors (Lipinski definition) is 2. The van der Waals surface area contributed by atoms with Gasteiger partial charge < -0.3 is 15.1 Å². The van der Waals surface area contributed by atoms with Crippen molar-refractivity contribution in [3.05, 3.63) is 75.5 Å². The van der Waals surface area contributed by atoms with Gasteiger partial charge in [0.05, 0.1) is 41.8 Å². The van der Waals surface area contributed by atoms with Crippen LogP contribution in [0.1, 0.15) is 36.9 Å². The third kappa shape index (κ3) is 3.51. The number of nitrogens with one attached hydrogen (secondary N) is 2. The first-order chi connectivity index (χ1) is 15.8. The van der Waals surface area contributed by atoms with Gasteiger partial charge in [-0.25, -0.2) is 0 Å². The van der Waals surface area contributed by atoms with Gasteiger partial charge in [0.2, 0.25) is 0 Å². The molecule has 2 aliphatic heterocycles. The minimum Gasteiger partial charge on any atom is -0.490 e. The highest BCUT2D eigenvalue weighted by Crippen LogP contribution is 2.37. The Labute approximate surface area is 191 Å². The molecule has 0 unspecified atom stereocenters. The second-order valence-electron chi connectivity index (χ2n) is 8.74. The maximum absolute atomic E-state index is 6.80. The van der Waals surface area contributed by atoms with Crippen LogP contribution in [0.15, 0.2) is 63.7 Å². The van der Waals surface area contributed by atoms with Crippen LogP contribution in [0.4, 0.5) is 0 Å². The van der Waals surface area contributed by atoms with Crippen molar-refractivity contribution in [3.8, 4) is 5.75 Å². The summed E-state index contributed by atoms with van der Waals surface area (Å²) in [5.74, 6) is 1.35. The molecule has 6 heteroatoms. The molecule has 162 valence electrons. The lowest BCUT2D eigenvalue weighted by Crippen LogP contribution is -2.33. The van der Waals surface area contributed by atoms with E-state index in [1.165, 1.54) is 21.9 Å². The van der Waals surface area contributed by atoms with Crippen molar-refractivity contribution in [1.82, 2.24) is 10.4 Å². The monoisotopic (exact) mass is 444 g/mol. The Morgan fingerprint density at radius 3 is 2.72 bits per heavy atom. The minimum absolute atomic E-state index is 0.235. The van der Waals surface area contributed by atoms with Crippen LogP contribution in [0.5, 0.6) is 5.75 Å². The van der Waals surface area contributed by atoms with Gasteiger partial charge in [0, 0.05) is 10.6 Å². The molecule has 0 radical (unpaired) electrons. The topological polar surface area (TPSA) is 61.8 Å². The van der Waals surface area contributed by atoms with E-state index in [1.807, 2.05) is 12.3 Å². The molecule has 2 N–H and O–H groups in total. The first-order valence-electron chi connectivity index (χ1n) is 11.3. The number of benzene rings is 2. The summed E-state index contributed by atoms with van der Waals surface area (Å²) < 4.78 is 6.38. The molecular formula is C26H25ClN4O. The number of hydrogen-bond acceptors (Lipinski definition) is 4. The fourth-order valence-electron chi connectivity index (χ4n) is 5.19. The minimum atomic E-state index is 0.235. The molecule has 1 aliphatic carbocycles. The molecule has 3 aliphatic rings. The van der Waals surface area contributed by atoms with Crippen molar-refractivity contribution < 1.29 is 4.74 Å². The summed E-state index contributed by atoms with van der Waals surface area (Å²) in [5, 5.41) is 9.58. The lowest BCUT2D eigenvalue weighted by atomic mass is 9.82. The van der Waals surface area contributed by atoms with Gasteiger partial charge in [-0.1, -0.05) is 41.9 Å². The van der Waals surface area contributed by atoms with Gasteiger partial charge in [0.1, 0.15) is 5.75 Å². The fourth-order valence-corrected chi connectivity index (χ4v) is 5.51. The van der Waals surface area contributed by atoms with E-state index in [0.29, 0.717) is 19.0 Å². The van der Waals surface area contributed by atoms with Crippen LogP contribution < -0.4 is 20.9 Å². The van der Waals surface area contributed by atoms with Gasteiger partial charge in [0.25, 0.3) is 0 Å². The van der Waals surface area contributed by atoms with E-state index in [2.05, 4.69) is 58.0 Å². The van der Waals surface area contributed by atoms with Gasteiger partial charge in [0.15, 0.2) is 0 Å². The van der Waals surface area contributed by atoms with Crippen LogP contribution >= 0.6 is 11.6 Å². The lowest BCUT2D eigenvalue weighted by molar-refractivity contribution is 0.143. The van der Waals surface area contributed by atoms with Crippen LogP contribution in [-0.2, 0) is 6.54 Å². The van der Waals surface area contributed by atoms with E-state index in [0.717, 1.165) is 52.9 Å². The Morgan fingerprint density at radius 2 is 1.84 bits per heavy atom. The fraction of sp³-hybridized carbons (Fsp3) is 0.308. The Morgan fingerprint density at radius 1 is 1.00 bits per heavy atom. The maximum atomic E-state index is 6.80. The van der Waals surface area contributed by atoms with Gasteiger partial charge in [-0.3, -0.25) is 4.99 Å². The van der Waals surface area contributed by atoms with Crippen LogP contribution in [-0.4, -0.2) is 23.8 Å². The predicted octanol–water partition coefficient (Wildman–Crippen LogP) is 4.15. The number of ether oxygens (including phenoxy) is 1. The number of halogens is 1. The van der Waals surface area contributed by atoms with E-state index in [4.69, 9.17) is 21.3 Å². The van der Waals surface area contributed by atoms with Gasteiger partial charge in [-0.2, -0.15) is 5.10 Å². The van der Waals surface area contributed by atoms with E-state index < -0.39 is 0 Å². The molecule has 32 heavy (non-hydrogen) atoms. The molecule has 1 fully saturated rings. The summed E-state index contributed by atoms with van der Waals surface area (Å²) >= 11 is 6.80. The standard InChI is InChI=1S/C26H25ClN4O/c27-22-11-12-28-25-21-14-29-30-15-23(21)31-26(25)24(22)17-6-8-19(9-7-17)32-20-10-5-16-3-1-2-4-18(16)13-20/h1-5,10-11,13,15,17,19,29,31H,6-9,12,14H2. The molecule has 1 saturated carbocycles. The molecule has 0 amide bonds. The number of hydrazone groups is 1. The maximum Gasteiger partial charge on any atom is 0.120 e. The van der Waals surface area contributed by atoms with Crippen molar-refractivity contribution in [3.63, 3.8) is 0 Å². The molecule has 2 aromatic carbocycles. The molecule has 0 spiro atoms. The molecule has 5 nitrogen and oxygen atoms in total. The van der Waals surface area contributed by atoms with Crippen LogP contribution in [0, 0.1) is 5.92 Å². The van der Waals surface area contributed by atoms with E-state index in [1.54, 1.807) is 0 Å². The summed E-state index contributed by atoms with van der Waals surface area (Å²) in [6, 6.07) is 14.8.